The van der Waals surface area contributed by atoms with Crippen LogP contribution < -0.4 is 0 Å². The number of carboxylic acid groups (broad SMARTS) is 2. The highest BCUT2D eigenvalue weighted by atomic mass is 16.8. The van der Waals surface area contributed by atoms with Crippen molar-refractivity contribution in [3.05, 3.63) is 11.6 Å². The van der Waals surface area contributed by atoms with Gasteiger partial charge in [0.05, 0.1) is 18.1 Å². The maximum Gasteiger partial charge on any atom is 0.335 e. The lowest BCUT2D eigenvalue weighted by Crippen LogP contribution is -2.68. The molecule has 3 saturated heterocycles. The molecule has 0 aromatic carbocycles. The zero-order valence-corrected chi connectivity index (χ0v) is 40.1. The van der Waals surface area contributed by atoms with Crippen molar-refractivity contribution in [1.82, 2.24) is 0 Å². The summed E-state index contributed by atoms with van der Waals surface area (Å²) in [5, 5.41) is 114. The zero-order valence-electron chi connectivity index (χ0n) is 40.1. The lowest BCUT2D eigenvalue weighted by atomic mass is 9.33. The number of hydrogen-bond donors (Lipinski definition) is 11. The number of rotatable bonds is 9. The molecule has 4 saturated carbocycles. The van der Waals surface area contributed by atoms with Crippen LogP contribution in [0.3, 0.4) is 0 Å². The lowest BCUT2D eigenvalue weighted by Gasteiger charge is -2.70. The van der Waals surface area contributed by atoms with Crippen LogP contribution in [0.4, 0.5) is 0 Å². The first kappa shape index (κ1) is 52.6. The van der Waals surface area contributed by atoms with E-state index in [4.69, 9.17) is 28.4 Å². The van der Waals surface area contributed by atoms with E-state index in [0.717, 1.165) is 18.4 Å². The topological polar surface area (TPSA) is 346 Å². The summed E-state index contributed by atoms with van der Waals surface area (Å²) in [5.41, 5.74) is -2.69. The van der Waals surface area contributed by atoms with Crippen molar-refractivity contribution < 1.29 is 104 Å². The van der Waals surface area contributed by atoms with Crippen LogP contribution in [0.5, 0.6) is 0 Å². The standard InChI is InChI=1S/C48H72O21/c1-43(2)23-8-11-48(7)36(21(50)16-19-20-17-45(4,13-12-44(20,3)14-15-47(19,48)6)42(63)69-39-31(57)26(52)25(51)22(18-49)64-39)46(23,5)10-9-24(43)65-41-35(30(56)29(55)34(67-41)38(61)62)68-40-32(58)27(53)28(54)33(66-40)37(59)60/h16,20,22-36,39-41,49,51-58H,8-15,17-18H2,1-7H3,(H,59,60)(H,61,62)/t20-,22+,23?,24-,25+,26-,27-,28-,29-,30-,31+,32+,33-,34-,35+,36?,39-,40-,41+,44+,45?,46-,47?,48+/m0/s1. The smallest absolute Gasteiger partial charge is 0.335 e. The summed E-state index contributed by atoms with van der Waals surface area (Å²) in [7, 11) is 0. The summed E-state index contributed by atoms with van der Waals surface area (Å²) >= 11 is 0. The molecule has 0 aromatic heterocycles. The molecule has 24 atom stereocenters. The van der Waals surface area contributed by atoms with Crippen molar-refractivity contribution in [1.29, 1.82) is 0 Å². The molecule has 69 heavy (non-hydrogen) atoms. The quantitative estimate of drug-likeness (QED) is 0.102. The van der Waals surface area contributed by atoms with Gasteiger partial charge in [0.2, 0.25) is 6.29 Å². The molecule has 21 heteroatoms. The number of carbonyl (C=O) groups is 4. The Morgan fingerprint density at radius 1 is 0.652 bits per heavy atom. The van der Waals surface area contributed by atoms with Crippen LogP contribution in [0.1, 0.15) is 106 Å². The zero-order chi connectivity index (χ0) is 50.9. The van der Waals surface area contributed by atoms with Gasteiger partial charge in [0.15, 0.2) is 30.6 Å². The molecule has 8 rings (SSSR count). The first-order chi connectivity index (χ1) is 32.0. The van der Waals surface area contributed by atoms with E-state index >= 15 is 4.79 Å². The number of hydrogen-bond acceptors (Lipinski definition) is 19. The van der Waals surface area contributed by atoms with Crippen molar-refractivity contribution in [3.8, 4) is 0 Å². The van der Waals surface area contributed by atoms with E-state index < -0.39 is 156 Å². The summed E-state index contributed by atoms with van der Waals surface area (Å²) < 4.78 is 34.7. The first-order valence-corrected chi connectivity index (χ1v) is 24.3. The maximum atomic E-state index is 15.2. The van der Waals surface area contributed by atoms with Gasteiger partial charge in [-0.05, 0) is 110 Å². The number of ketones is 1. The molecule has 21 nitrogen and oxygen atoms in total. The Labute approximate surface area is 399 Å². The van der Waals surface area contributed by atoms with E-state index in [9.17, 15) is 70.6 Å². The van der Waals surface area contributed by atoms with Gasteiger partial charge in [-0.25, -0.2) is 9.59 Å². The van der Waals surface area contributed by atoms with Crippen LogP contribution in [0.2, 0.25) is 0 Å². The molecular weight excluding hydrogens is 913 g/mol. The highest BCUT2D eigenvalue weighted by Crippen LogP contribution is 2.75. The molecule has 0 bridgehead atoms. The Balaban J connectivity index is 1.04. The SMILES string of the molecule is CC1(C(=O)O[C@@H]2O[C@H](CO)[C@@H](O)[C@H](O)[C@H]2O)CC[C@]2(C)CCC3(C)C(=CC(=O)C4[C@@]5(C)CC[C@H](O[C@@H]6O[C@H](C(=O)O)[C@@H](O)[C@H](O)[C@H]6O[C@@H]6O[C@H](C(=O)O)[C@@H](O)[C@H](O)[C@H]6O)C(C)(C)C5CC[C@]43C)[C@@H]2C1. The molecule has 4 unspecified atom stereocenters. The second kappa shape index (κ2) is 18.0. The Hall–Kier alpha value is -2.74. The van der Waals surface area contributed by atoms with Gasteiger partial charge in [0.25, 0.3) is 0 Å². The second-order valence-electron chi connectivity index (χ2n) is 23.4. The van der Waals surface area contributed by atoms with Gasteiger partial charge < -0.3 is 84.6 Å². The molecule has 11 N–H and O–H groups in total. The summed E-state index contributed by atoms with van der Waals surface area (Å²) in [6, 6.07) is 0. The number of carboxylic acids is 2. The van der Waals surface area contributed by atoms with Crippen molar-refractivity contribution in [3.63, 3.8) is 0 Å². The minimum atomic E-state index is -2.08. The van der Waals surface area contributed by atoms with E-state index in [0.29, 0.717) is 44.9 Å². The number of fused-ring (bicyclic) bond motifs is 7. The minimum Gasteiger partial charge on any atom is -0.479 e. The Morgan fingerprint density at radius 2 is 1.23 bits per heavy atom. The fourth-order valence-electron chi connectivity index (χ4n) is 14.8. The largest absolute Gasteiger partial charge is 0.479 e. The second-order valence-corrected chi connectivity index (χ2v) is 23.4. The molecular formula is C48H72O21. The first-order valence-electron chi connectivity index (χ1n) is 24.3. The monoisotopic (exact) mass is 984 g/mol. The van der Waals surface area contributed by atoms with E-state index in [1.54, 1.807) is 6.92 Å². The van der Waals surface area contributed by atoms with Gasteiger partial charge >= 0.3 is 17.9 Å². The minimum absolute atomic E-state index is 0.0173. The van der Waals surface area contributed by atoms with E-state index in [1.807, 2.05) is 19.9 Å². The molecule has 3 aliphatic heterocycles. The number of esters is 1. The third-order valence-electron chi connectivity index (χ3n) is 19.3. The summed E-state index contributed by atoms with van der Waals surface area (Å²) in [5.74, 6) is -4.80. The van der Waals surface area contributed by atoms with Gasteiger partial charge in [-0.2, -0.15) is 0 Å². The highest BCUT2D eigenvalue weighted by molar-refractivity contribution is 5.95. The molecule has 0 radical (unpaired) electrons. The van der Waals surface area contributed by atoms with Crippen LogP contribution in [-0.4, -0.2) is 185 Å². The van der Waals surface area contributed by atoms with Crippen molar-refractivity contribution in [2.45, 2.75) is 204 Å². The molecule has 390 valence electrons. The molecule has 5 aliphatic carbocycles. The van der Waals surface area contributed by atoms with Crippen LogP contribution in [0.15, 0.2) is 11.6 Å². The number of aliphatic hydroxyl groups is 9. The summed E-state index contributed by atoms with van der Waals surface area (Å²) in [4.78, 5) is 53.4. The normalized spacial score (nSPS) is 52.8. The van der Waals surface area contributed by atoms with Crippen LogP contribution in [0.25, 0.3) is 0 Å². The fourth-order valence-corrected chi connectivity index (χ4v) is 14.8. The van der Waals surface area contributed by atoms with Gasteiger partial charge in [-0.1, -0.05) is 47.1 Å². The third-order valence-corrected chi connectivity index (χ3v) is 19.3. The van der Waals surface area contributed by atoms with E-state index in [-0.39, 0.29) is 23.0 Å². The maximum absolute atomic E-state index is 15.2. The average Bonchev–Trinajstić information content (AvgIpc) is 3.27. The number of aliphatic hydroxyl groups excluding tert-OH is 9. The Bertz CT molecular complexity index is 2050. The molecule has 0 amide bonds. The predicted molar refractivity (Wildman–Crippen MR) is 232 cm³/mol. The van der Waals surface area contributed by atoms with Gasteiger partial charge in [-0.3, -0.25) is 9.59 Å². The van der Waals surface area contributed by atoms with Crippen LogP contribution in [0, 0.1) is 50.2 Å². The number of aliphatic carboxylic acids is 2. The number of carbonyl (C=O) groups excluding carboxylic acids is 2. The average molecular weight is 985 g/mol. The fraction of sp³-hybridized carbons (Fsp3) is 0.875. The van der Waals surface area contributed by atoms with Crippen molar-refractivity contribution in [2.75, 3.05) is 6.61 Å². The Kier molecular flexibility index (Phi) is 13.7. The third kappa shape index (κ3) is 8.13. The van der Waals surface area contributed by atoms with Crippen molar-refractivity contribution >= 4 is 23.7 Å². The number of ether oxygens (including phenoxy) is 6. The summed E-state index contributed by atoms with van der Waals surface area (Å²) in [6.07, 6.45) is -21.6. The molecule has 8 aliphatic rings. The predicted octanol–water partition coefficient (Wildman–Crippen LogP) is -0.496. The lowest BCUT2D eigenvalue weighted by molar-refractivity contribution is -0.371. The molecule has 0 aromatic rings. The van der Waals surface area contributed by atoms with Gasteiger partial charge in [-0.15, -0.1) is 0 Å². The molecule has 7 fully saturated rings. The van der Waals surface area contributed by atoms with E-state index in [2.05, 4.69) is 27.7 Å². The van der Waals surface area contributed by atoms with Crippen LogP contribution in [-0.2, 0) is 47.6 Å². The van der Waals surface area contributed by atoms with Crippen LogP contribution >= 0.6 is 0 Å². The summed E-state index contributed by atoms with van der Waals surface area (Å²) in [6.45, 7) is 13.9. The molecule has 3 heterocycles. The molecule has 0 spiro atoms. The van der Waals surface area contributed by atoms with Gasteiger partial charge in [0, 0.05) is 5.92 Å². The highest BCUT2D eigenvalue weighted by Gasteiger charge is 2.71. The van der Waals surface area contributed by atoms with Crippen molar-refractivity contribution in [2.24, 2.45) is 50.2 Å². The van der Waals surface area contributed by atoms with Gasteiger partial charge in [0.1, 0.15) is 61.0 Å². The van der Waals surface area contributed by atoms with E-state index in [1.165, 1.54) is 0 Å². The number of allylic oxidation sites excluding steroid dienone is 2. The Morgan fingerprint density at radius 3 is 1.86 bits per heavy atom.